The van der Waals surface area contributed by atoms with Gasteiger partial charge in [-0.1, -0.05) is 26.7 Å². The van der Waals surface area contributed by atoms with Crippen LogP contribution in [0.25, 0.3) is 0 Å². The Balaban J connectivity index is 2.05. The maximum absolute atomic E-state index is 6.70. The van der Waals surface area contributed by atoms with Crippen LogP contribution in [-0.4, -0.2) is 20.3 Å². The van der Waals surface area contributed by atoms with Crippen LogP contribution in [0.5, 0.6) is 0 Å². The third-order valence-corrected chi connectivity index (χ3v) is 4.85. The van der Waals surface area contributed by atoms with Crippen LogP contribution >= 0.6 is 0 Å². The fraction of sp³-hybridized carbons (Fsp3) is 0.875. The Bertz CT molecular complexity index is 424. The van der Waals surface area contributed by atoms with Gasteiger partial charge >= 0.3 is 0 Å². The van der Waals surface area contributed by atoms with Gasteiger partial charge in [0.25, 0.3) is 0 Å². The van der Waals surface area contributed by atoms with Crippen molar-refractivity contribution in [1.29, 1.82) is 0 Å². The molecule has 1 aliphatic rings. The van der Waals surface area contributed by atoms with Gasteiger partial charge in [0.05, 0.1) is 0 Å². The molecule has 0 amide bonds. The largest absolute Gasteiger partial charge is 0.325 e. The van der Waals surface area contributed by atoms with Crippen LogP contribution in [-0.2, 0) is 6.42 Å². The van der Waals surface area contributed by atoms with Crippen molar-refractivity contribution in [3.63, 3.8) is 0 Å². The lowest BCUT2D eigenvalue weighted by Crippen LogP contribution is -2.42. The maximum atomic E-state index is 6.70. The Kier molecular flexibility index (Phi) is 4.84. The average molecular weight is 278 g/mol. The van der Waals surface area contributed by atoms with Gasteiger partial charge in [0.2, 0.25) is 0 Å². The molecule has 1 fully saturated rings. The molecule has 4 heteroatoms. The first kappa shape index (κ1) is 15.5. The molecule has 1 aliphatic carbocycles. The van der Waals surface area contributed by atoms with Gasteiger partial charge in [-0.25, -0.2) is 9.67 Å². The van der Waals surface area contributed by atoms with E-state index in [1.807, 2.05) is 4.68 Å². The lowest BCUT2D eigenvalue weighted by atomic mass is 9.85. The van der Waals surface area contributed by atoms with Gasteiger partial charge in [-0.05, 0) is 44.9 Å². The molecule has 2 N–H and O–H groups in total. The highest BCUT2D eigenvalue weighted by Crippen LogP contribution is 2.34. The highest BCUT2D eigenvalue weighted by molar-refractivity contribution is 4.99. The molecule has 0 bridgehead atoms. The minimum Gasteiger partial charge on any atom is -0.325 e. The van der Waals surface area contributed by atoms with Crippen molar-refractivity contribution in [1.82, 2.24) is 14.8 Å². The summed E-state index contributed by atoms with van der Waals surface area (Å²) in [6.45, 7) is 8.96. The molecule has 1 saturated carbocycles. The van der Waals surface area contributed by atoms with Crippen molar-refractivity contribution in [2.75, 3.05) is 0 Å². The monoisotopic (exact) mass is 278 g/mol. The summed E-state index contributed by atoms with van der Waals surface area (Å²) in [7, 11) is 0. The second-order valence-electron chi connectivity index (χ2n) is 7.19. The standard InChI is InChI=1S/C16H30N4/c1-12(2)14-6-5-8-16(17,9-7-14)10-15-18-11-19-20(15)13(3)4/h11-14H,5-10,17H2,1-4H3. The topological polar surface area (TPSA) is 56.7 Å². The fourth-order valence-corrected chi connectivity index (χ4v) is 3.45. The third-order valence-electron chi connectivity index (χ3n) is 4.85. The molecule has 0 aromatic carbocycles. The first-order valence-electron chi connectivity index (χ1n) is 8.08. The van der Waals surface area contributed by atoms with Crippen LogP contribution in [0, 0.1) is 11.8 Å². The molecule has 114 valence electrons. The fourth-order valence-electron chi connectivity index (χ4n) is 3.45. The quantitative estimate of drug-likeness (QED) is 0.859. The molecular weight excluding hydrogens is 248 g/mol. The average Bonchev–Trinajstić information content (AvgIpc) is 2.72. The zero-order valence-corrected chi connectivity index (χ0v) is 13.5. The van der Waals surface area contributed by atoms with E-state index in [1.54, 1.807) is 6.33 Å². The zero-order chi connectivity index (χ0) is 14.8. The molecule has 0 saturated heterocycles. The van der Waals surface area contributed by atoms with E-state index in [0.29, 0.717) is 6.04 Å². The summed E-state index contributed by atoms with van der Waals surface area (Å²) >= 11 is 0. The lowest BCUT2D eigenvalue weighted by Gasteiger charge is -2.28. The minimum absolute atomic E-state index is 0.0939. The number of nitrogens with zero attached hydrogens (tertiary/aromatic N) is 3. The summed E-state index contributed by atoms with van der Waals surface area (Å²) in [4.78, 5) is 4.43. The van der Waals surface area contributed by atoms with E-state index < -0.39 is 0 Å². The van der Waals surface area contributed by atoms with Crippen molar-refractivity contribution >= 4 is 0 Å². The predicted molar refractivity (Wildman–Crippen MR) is 82.4 cm³/mol. The summed E-state index contributed by atoms with van der Waals surface area (Å²) < 4.78 is 2.01. The van der Waals surface area contributed by atoms with Crippen LogP contribution < -0.4 is 5.73 Å². The number of aromatic nitrogens is 3. The molecule has 2 unspecified atom stereocenters. The van der Waals surface area contributed by atoms with E-state index in [-0.39, 0.29) is 5.54 Å². The van der Waals surface area contributed by atoms with Crippen LogP contribution in [0.15, 0.2) is 6.33 Å². The van der Waals surface area contributed by atoms with Gasteiger partial charge in [-0.15, -0.1) is 0 Å². The van der Waals surface area contributed by atoms with Crippen LogP contribution in [0.1, 0.15) is 71.7 Å². The number of hydrogen-bond acceptors (Lipinski definition) is 3. The maximum Gasteiger partial charge on any atom is 0.138 e. The Hall–Kier alpha value is -0.900. The Labute approximate surface area is 123 Å². The second kappa shape index (κ2) is 6.25. The van der Waals surface area contributed by atoms with Crippen molar-refractivity contribution in [2.24, 2.45) is 17.6 Å². The molecule has 1 heterocycles. The molecular formula is C16H30N4. The van der Waals surface area contributed by atoms with Gasteiger partial charge in [-0.2, -0.15) is 5.10 Å². The molecule has 2 rings (SSSR count). The highest BCUT2D eigenvalue weighted by Gasteiger charge is 2.32. The summed E-state index contributed by atoms with van der Waals surface area (Å²) in [6.07, 6.45) is 8.57. The summed E-state index contributed by atoms with van der Waals surface area (Å²) in [6, 6.07) is 0.352. The van der Waals surface area contributed by atoms with Gasteiger partial charge < -0.3 is 5.73 Å². The minimum atomic E-state index is -0.0939. The molecule has 4 nitrogen and oxygen atoms in total. The number of rotatable bonds is 4. The normalized spacial score (nSPS) is 28.1. The molecule has 1 aromatic heterocycles. The number of nitrogens with two attached hydrogens (primary N) is 1. The molecule has 1 aromatic rings. The predicted octanol–water partition coefficient (Wildman–Crippen LogP) is 3.34. The van der Waals surface area contributed by atoms with E-state index in [1.165, 1.54) is 19.3 Å². The third kappa shape index (κ3) is 3.60. The molecule has 2 atom stereocenters. The number of hydrogen-bond donors (Lipinski definition) is 1. The first-order chi connectivity index (χ1) is 9.41. The Morgan fingerprint density at radius 3 is 2.70 bits per heavy atom. The van der Waals surface area contributed by atoms with Crippen LogP contribution in [0.2, 0.25) is 0 Å². The van der Waals surface area contributed by atoms with Gasteiger partial charge in [0.1, 0.15) is 12.2 Å². The van der Waals surface area contributed by atoms with Crippen LogP contribution in [0.4, 0.5) is 0 Å². The summed E-state index contributed by atoms with van der Waals surface area (Å²) in [5.41, 5.74) is 6.61. The van der Waals surface area contributed by atoms with E-state index in [4.69, 9.17) is 5.73 Å². The van der Waals surface area contributed by atoms with E-state index in [9.17, 15) is 0 Å². The molecule has 0 aliphatic heterocycles. The molecule has 0 radical (unpaired) electrons. The lowest BCUT2D eigenvalue weighted by molar-refractivity contribution is 0.315. The Morgan fingerprint density at radius 2 is 2.05 bits per heavy atom. The van der Waals surface area contributed by atoms with Crippen molar-refractivity contribution in [3.8, 4) is 0 Å². The van der Waals surface area contributed by atoms with Crippen LogP contribution in [0.3, 0.4) is 0 Å². The molecule has 0 spiro atoms. The zero-order valence-electron chi connectivity index (χ0n) is 13.5. The molecule has 20 heavy (non-hydrogen) atoms. The van der Waals surface area contributed by atoms with Crippen molar-refractivity contribution in [3.05, 3.63) is 12.2 Å². The van der Waals surface area contributed by atoms with Crippen molar-refractivity contribution < 1.29 is 0 Å². The summed E-state index contributed by atoms with van der Waals surface area (Å²) in [5, 5.41) is 4.33. The Morgan fingerprint density at radius 1 is 1.30 bits per heavy atom. The van der Waals surface area contributed by atoms with Gasteiger partial charge in [-0.3, -0.25) is 0 Å². The van der Waals surface area contributed by atoms with E-state index >= 15 is 0 Å². The van der Waals surface area contributed by atoms with Gasteiger partial charge in [0, 0.05) is 18.0 Å². The summed E-state index contributed by atoms with van der Waals surface area (Å²) in [5.74, 6) is 2.66. The van der Waals surface area contributed by atoms with Crippen molar-refractivity contribution in [2.45, 2.75) is 77.8 Å². The van der Waals surface area contributed by atoms with E-state index in [2.05, 4.69) is 37.8 Å². The first-order valence-corrected chi connectivity index (χ1v) is 8.08. The second-order valence-corrected chi connectivity index (χ2v) is 7.19. The SMILES string of the molecule is CC(C)C1CCCC(N)(Cc2ncnn2C(C)C)CC1. The highest BCUT2D eigenvalue weighted by atomic mass is 15.3. The smallest absolute Gasteiger partial charge is 0.138 e. The van der Waals surface area contributed by atoms with Gasteiger partial charge in [0.15, 0.2) is 0 Å². The van der Waals surface area contributed by atoms with E-state index in [0.717, 1.165) is 36.9 Å².